The number of hydrogen-bond donors (Lipinski definition) is 1. The second-order valence-corrected chi connectivity index (χ2v) is 10.7. The highest BCUT2D eigenvalue weighted by atomic mass is 16.5. The van der Waals surface area contributed by atoms with Crippen LogP contribution in [-0.2, 0) is 4.74 Å². The van der Waals surface area contributed by atoms with Crippen LogP contribution in [0.25, 0.3) is 0 Å². The van der Waals surface area contributed by atoms with Crippen molar-refractivity contribution in [2.24, 2.45) is 34.5 Å². The first-order valence-corrected chi connectivity index (χ1v) is 10.9. The SMILES string of the molecule is C/C=C1/CC[C@H]2[C@@H]3C[C@H]4O[C@H](C)[C@@]5(CC[C@@](C)(O)CC45)C3CC[C@]12C. The predicted molar refractivity (Wildman–Crippen MR) is 100 cm³/mol. The van der Waals surface area contributed by atoms with Crippen LogP contribution in [0.1, 0.15) is 79.1 Å². The first-order chi connectivity index (χ1) is 11.8. The van der Waals surface area contributed by atoms with Crippen molar-refractivity contribution in [2.45, 2.75) is 96.9 Å². The summed E-state index contributed by atoms with van der Waals surface area (Å²) in [5, 5.41) is 10.8. The lowest BCUT2D eigenvalue weighted by molar-refractivity contribution is -0.135. The van der Waals surface area contributed by atoms with E-state index < -0.39 is 5.60 Å². The van der Waals surface area contributed by atoms with Gasteiger partial charge in [-0.2, -0.15) is 0 Å². The molecule has 0 amide bonds. The van der Waals surface area contributed by atoms with Gasteiger partial charge in [-0.3, -0.25) is 0 Å². The largest absolute Gasteiger partial charge is 0.390 e. The fourth-order valence-electron chi connectivity index (χ4n) is 8.76. The van der Waals surface area contributed by atoms with Gasteiger partial charge < -0.3 is 9.84 Å². The van der Waals surface area contributed by atoms with Crippen LogP contribution in [0, 0.1) is 34.5 Å². The Kier molecular flexibility index (Phi) is 3.45. The lowest BCUT2D eigenvalue weighted by atomic mass is 9.43. The Bertz CT molecular complexity index is 607. The van der Waals surface area contributed by atoms with Gasteiger partial charge in [0.1, 0.15) is 0 Å². The van der Waals surface area contributed by atoms with E-state index >= 15 is 0 Å². The average molecular weight is 345 g/mol. The van der Waals surface area contributed by atoms with Crippen molar-refractivity contribution in [1.82, 2.24) is 0 Å². The first-order valence-electron chi connectivity index (χ1n) is 10.9. The summed E-state index contributed by atoms with van der Waals surface area (Å²) in [6.45, 7) is 9.24. The minimum absolute atomic E-state index is 0.357. The molecule has 1 saturated heterocycles. The molecule has 25 heavy (non-hydrogen) atoms. The minimum Gasteiger partial charge on any atom is -0.390 e. The molecule has 2 unspecified atom stereocenters. The Labute approximate surface area is 153 Å². The van der Waals surface area contributed by atoms with E-state index in [1.54, 1.807) is 5.57 Å². The zero-order valence-electron chi connectivity index (χ0n) is 16.6. The van der Waals surface area contributed by atoms with Crippen molar-refractivity contribution < 1.29 is 9.84 Å². The highest BCUT2D eigenvalue weighted by molar-refractivity contribution is 5.25. The Morgan fingerprint density at radius 3 is 2.64 bits per heavy atom. The van der Waals surface area contributed by atoms with E-state index in [9.17, 15) is 5.11 Å². The number of hydrogen-bond acceptors (Lipinski definition) is 2. The maximum Gasteiger partial charge on any atom is 0.0623 e. The Morgan fingerprint density at radius 2 is 1.88 bits per heavy atom. The molecule has 5 aliphatic rings. The number of rotatable bonds is 0. The molecule has 0 aromatic carbocycles. The molecule has 1 heterocycles. The predicted octanol–water partition coefficient (Wildman–Crippen LogP) is 5.10. The maximum atomic E-state index is 10.8. The highest BCUT2D eigenvalue weighted by Gasteiger charge is 2.68. The lowest BCUT2D eigenvalue weighted by Gasteiger charge is -2.60. The molecule has 4 aliphatic carbocycles. The van der Waals surface area contributed by atoms with Crippen molar-refractivity contribution >= 4 is 0 Å². The van der Waals surface area contributed by atoms with Crippen molar-refractivity contribution in [1.29, 1.82) is 0 Å². The minimum atomic E-state index is -0.471. The van der Waals surface area contributed by atoms with Crippen molar-refractivity contribution in [3.8, 4) is 0 Å². The van der Waals surface area contributed by atoms with Crippen LogP contribution < -0.4 is 0 Å². The van der Waals surface area contributed by atoms with E-state index in [0.29, 0.717) is 29.0 Å². The number of allylic oxidation sites excluding steroid dienone is 2. The molecule has 2 nitrogen and oxygen atoms in total. The Morgan fingerprint density at radius 1 is 1.08 bits per heavy atom. The molecule has 5 rings (SSSR count). The van der Waals surface area contributed by atoms with Crippen LogP contribution in [0.15, 0.2) is 11.6 Å². The normalized spacial score (nSPS) is 61.7. The summed E-state index contributed by atoms with van der Waals surface area (Å²) in [7, 11) is 0. The third kappa shape index (κ3) is 1.99. The van der Waals surface area contributed by atoms with Crippen LogP contribution >= 0.6 is 0 Å². The van der Waals surface area contributed by atoms with Gasteiger partial charge in [0.05, 0.1) is 17.8 Å². The van der Waals surface area contributed by atoms with E-state index in [2.05, 4.69) is 33.8 Å². The summed E-state index contributed by atoms with van der Waals surface area (Å²) in [5.74, 6) is 3.15. The van der Waals surface area contributed by atoms with Crippen molar-refractivity contribution in [3.05, 3.63) is 11.6 Å². The summed E-state index contributed by atoms with van der Waals surface area (Å²) in [6.07, 6.45) is 13.1. The number of aliphatic hydroxyl groups is 1. The van der Waals surface area contributed by atoms with Crippen LogP contribution in [-0.4, -0.2) is 22.9 Å². The molecular weight excluding hydrogens is 308 g/mol. The zero-order chi connectivity index (χ0) is 17.6. The summed E-state index contributed by atoms with van der Waals surface area (Å²) >= 11 is 0. The zero-order valence-corrected chi connectivity index (χ0v) is 16.6. The number of fused-ring (bicyclic) bond motifs is 3. The third-order valence-electron chi connectivity index (χ3n) is 9.86. The standard InChI is InChI=1S/C23H36O2/c1-5-15-6-7-17-16-12-20-19-13-21(3,24)10-11-23(19,14(2)25-20)18(16)8-9-22(15,17)4/h5,14,16-20,24H,6-13H2,1-4H3/b15-5-/t14-,16+,17+,18?,19?,20-,21-,22-,23+/m1/s1. The Hall–Kier alpha value is -0.340. The van der Waals surface area contributed by atoms with E-state index in [4.69, 9.17) is 4.74 Å². The molecule has 0 aromatic heterocycles. The van der Waals surface area contributed by atoms with Crippen LogP contribution in [0.5, 0.6) is 0 Å². The monoisotopic (exact) mass is 344 g/mol. The van der Waals surface area contributed by atoms with E-state index in [-0.39, 0.29) is 0 Å². The fraction of sp³-hybridized carbons (Fsp3) is 0.913. The van der Waals surface area contributed by atoms with Gasteiger partial charge in [0, 0.05) is 5.41 Å². The maximum absolute atomic E-state index is 10.8. The summed E-state index contributed by atoms with van der Waals surface area (Å²) in [4.78, 5) is 0. The van der Waals surface area contributed by atoms with E-state index in [0.717, 1.165) is 30.6 Å². The van der Waals surface area contributed by atoms with Gasteiger partial charge in [-0.1, -0.05) is 18.6 Å². The second-order valence-electron chi connectivity index (χ2n) is 10.7. The van der Waals surface area contributed by atoms with Crippen molar-refractivity contribution in [3.63, 3.8) is 0 Å². The topological polar surface area (TPSA) is 29.5 Å². The molecular formula is C23H36O2. The molecule has 2 bridgehead atoms. The molecule has 0 aromatic rings. The van der Waals surface area contributed by atoms with Crippen molar-refractivity contribution in [2.75, 3.05) is 0 Å². The summed E-state index contributed by atoms with van der Waals surface area (Å²) in [5.41, 5.74) is 2.09. The molecule has 5 fully saturated rings. The second kappa shape index (κ2) is 5.13. The van der Waals surface area contributed by atoms with Crippen LogP contribution in [0.3, 0.4) is 0 Å². The van der Waals surface area contributed by atoms with E-state index in [1.165, 1.54) is 38.5 Å². The average Bonchev–Trinajstić information content (AvgIpc) is 2.99. The quantitative estimate of drug-likeness (QED) is 0.619. The van der Waals surface area contributed by atoms with Crippen LogP contribution in [0.4, 0.5) is 0 Å². The highest BCUT2D eigenvalue weighted by Crippen LogP contribution is 2.71. The van der Waals surface area contributed by atoms with Gasteiger partial charge in [0.25, 0.3) is 0 Å². The first kappa shape index (κ1) is 16.8. The molecule has 1 aliphatic heterocycles. The van der Waals surface area contributed by atoms with Gasteiger partial charge in [-0.15, -0.1) is 0 Å². The van der Waals surface area contributed by atoms with Gasteiger partial charge in [-0.05, 0) is 101 Å². The molecule has 2 heteroatoms. The lowest BCUT2D eigenvalue weighted by Crippen LogP contribution is -2.58. The molecule has 4 saturated carbocycles. The van der Waals surface area contributed by atoms with Gasteiger partial charge in [0.2, 0.25) is 0 Å². The molecule has 0 spiro atoms. The van der Waals surface area contributed by atoms with Gasteiger partial charge in [-0.25, -0.2) is 0 Å². The summed E-state index contributed by atoms with van der Waals surface area (Å²) in [6, 6.07) is 0. The molecule has 1 N–H and O–H groups in total. The molecule has 0 radical (unpaired) electrons. The third-order valence-corrected chi connectivity index (χ3v) is 9.86. The molecule has 140 valence electrons. The number of ether oxygens (including phenoxy) is 1. The summed E-state index contributed by atoms with van der Waals surface area (Å²) < 4.78 is 6.62. The Balaban J connectivity index is 1.54. The fourth-order valence-corrected chi connectivity index (χ4v) is 8.76. The van der Waals surface area contributed by atoms with Crippen LogP contribution in [0.2, 0.25) is 0 Å². The van der Waals surface area contributed by atoms with E-state index in [1.807, 2.05) is 0 Å². The van der Waals surface area contributed by atoms with Gasteiger partial charge in [0.15, 0.2) is 0 Å². The smallest absolute Gasteiger partial charge is 0.0623 e. The van der Waals surface area contributed by atoms with Gasteiger partial charge >= 0.3 is 0 Å². The molecule has 9 atom stereocenters.